The summed E-state index contributed by atoms with van der Waals surface area (Å²) in [6.45, 7) is 4.20. The Morgan fingerprint density at radius 1 is 1.19 bits per heavy atom. The Bertz CT molecular complexity index is 834. The molecule has 1 atom stereocenters. The van der Waals surface area contributed by atoms with Crippen molar-refractivity contribution in [3.63, 3.8) is 0 Å². The molecule has 0 spiro atoms. The van der Waals surface area contributed by atoms with Gasteiger partial charge in [0.1, 0.15) is 24.9 Å². The van der Waals surface area contributed by atoms with Crippen LogP contribution in [0.2, 0.25) is 0 Å². The summed E-state index contributed by atoms with van der Waals surface area (Å²) in [7, 11) is 0. The zero-order valence-electron chi connectivity index (χ0n) is 14.7. The van der Waals surface area contributed by atoms with E-state index >= 15 is 0 Å². The van der Waals surface area contributed by atoms with Gasteiger partial charge in [0.2, 0.25) is 5.78 Å². The monoisotopic (exact) mass is 373 g/mol. The van der Waals surface area contributed by atoms with E-state index in [1.165, 1.54) is 28.4 Å². The fourth-order valence-electron chi connectivity index (χ4n) is 3.59. The van der Waals surface area contributed by atoms with Crippen LogP contribution in [0.25, 0.3) is 0 Å². The fraction of sp³-hybridized carbons (Fsp3) is 0.368. The van der Waals surface area contributed by atoms with Crippen molar-refractivity contribution >= 4 is 11.7 Å². The molecule has 1 amide bonds. The molecule has 1 saturated heterocycles. The largest absolute Gasteiger partial charge is 0.503 e. The van der Waals surface area contributed by atoms with E-state index in [2.05, 4.69) is 0 Å². The van der Waals surface area contributed by atoms with Crippen molar-refractivity contribution in [3.8, 4) is 0 Å². The number of furan rings is 2. The third-order valence-electron chi connectivity index (χ3n) is 5.01. The van der Waals surface area contributed by atoms with E-state index in [0.717, 1.165) is 13.1 Å². The van der Waals surface area contributed by atoms with Crippen LogP contribution in [-0.2, 0) is 9.53 Å². The number of carbonyl (C=O) groups excluding carboxylic acids is 2. The molecule has 2 aromatic rings. The minimum atomic E-state index is -0.773. The van der Waals surface area contributed by atoms with Crippen molar-refractivity contribution in [1.29, 1.82) is 0 Å². The number of morpholine rings is 1. The molecule has 4 rings (SSSR count). The summed E-state index contributed by atoms with van der Waals surface area (Å²) in [4.78, 5) is 28.4. The highest BCUT2D eigenvalue weighted by Crippen LogP contribution is 2.38. The molecule has 4 heterocycles. The Hall–Kier alpha value is -2.84. The number of nitrogens with one attached hydrogen (secondary N) is 1. The molecule has 27 heavy (non-hydrogen) atoms. The Balaban J connectivity index is 1.62. The molecule has 1 unspecified atom stereocenters. The van der Waals surface area contributed by atoms with E-state index in [4.69, 9.17) is 13.6 Å². The van der Waals surface area contributed by atoms with Crippen molar-refractivity contribution in [3.05, 3.63) is 59.6 Å². The number of aliphatic hydroxyl groups is 1. The van der Waals surface area contributed by atoms with E-state index in [-0.39, 0.29) is 11.3 Å². The first kappa shape index (κ1) is 17.6. The summed E-state index contributed by atoms with van der Waals surface area (Å²) in [6, 6.07) is 5.71. The maximum absolute atomic E-state index is 12.9. The average Bonchev–Trinajstić information content (AvgIpc) is 3.43. The van der Waals surface area contributed by atoms with Crippen molar-refractivity contribution in [1.82, 2.24) is 4.90 Å². The Kier molecular flexibility index (Phi) is 4.83. The molecule has 1 fully saturated rings. The summed E-state index contributed by atoms with van der Waals surface area (Å²) < 4.78 is 16.0. The Morgan fingerprint density at radius 3 is 2.59 bits per heavy atom. The lowest BCUT2D eigenvalue weighted by molar-refractivity contribution is -0.907. The summed E-state index contributed by atoms with van der Waals surface area (Å²) in [5.74, 6) is -1.14. The highest BCUT2D eigenvalue weighted by molar-refractivity contribution is 6.14. The number of Topliss-reactive ketones (excluding diaryl/α,β-unsaturated/α-hetero) is 1. The molecule has 8 heteroatoms. The number of hydrogen-bond acceptors (Lipinski definition) is 6. The smallest absolute Gasteiger partial charge is 0.290 e. The Morgan fingerprint density at radius 2 is 1.93 bits per heavy atom. The van der Waals surface area contributed by atoms with Gasteiger partial charge < -0.3 is 28.5 Å². The molecule has 2 N–H and O–H groups in total. The molecule has 0 bridgehead atoms. The number of nitrogens with zero attached hydrogens (tertiary/aromatic N) is 1. The lowest BCUT2D eigenvalue weighted by Crippen LogP contribution is -3.14. The Labute approximate surface area is 155 Å². The lowest BCUT2D eigenvalue weighted by Gasteiger charge is -2.28. The SMILES string of the molecule is O=C(C1=C(O)C(=O)N(CC[NH+]2CCOCC2)C1c1ccco1)c1ccco1. The lowest BCUT2D eigenvalue weighted by atomic mass is 10.00. The maximum atomic E-state index is 12.9. The highest BCUT2D eigenvalue weighted by Gasteiger charge is 2.46. The predicted octanol–water partition coefficient (Wildman–Crippen LogP) is 0.366. The zero-order valence-corrected chi connectivity index (χ0v) is 14.7. The molecule has 2 aliphatic rings. The van der Waals surface area contributed by atoms with Crippen molar-refractivity contribution < 1.29 is 33.2 Å². The zero-order chi connectivity index (χ0) is 18.8. The van der Waals surface area contributed by atoms with Crippen LogP contribution in [0.4, 0.5) is 0 Å². The number of aliphatic hydroxyl groups excluding tert-OH is 1. The number of ether oxygens (including phenoxy) is 1. The van der Waals surface area contributed by atoms with Crippen LogP contribution in [-0.4, -0.2) is 61.1 Å². The minimum absolute atomic E-state index is 0.0122. The van der Waals surface area contributed by atoms with Gasteiger partial charge >= 0.3 is 0 Å². The van der Waals surface area contributed by atoms with Gasteiger partial charge in [0.05, 0.1) is 44.4 Å². The standard InChI is InChI=1S/C19H20N2O6/c22-17(14-4-2-10-27-14)15-16(13-3-1-9-26-13)21(19(24)18(15)23)6-5-20-7-11-25-12-8-20/h1-4,9-10,16,23H,5-8,11-12H2/p+1. The van der Waals surface area contributed by atoms with Gasteiger partial charge in [0, 0.05) is 0 Å². The van der Waals surface area contributed by atoms with Crippen molar-refractivity contribution in [2.75, 3.05) is 39.4 Å². The quantitative estimate of drug-likeness (QED) is 0.710. The number of quaternary nitrogens is 1. The van der Waals surface area contributed by atoms with Crippen LogP contribution in [0, 0.1) is 0 Å². The normalized spacial score (nSPS) is 21.3. The van der Waals surface area contributed by atoms with Crippen molar-refractivity contribution in [2.24, 2.45) is 0 Å². The summed E-state index contributed by atoms with van der Waals surface area (Å²) in [5, 5.41) is 10.5. The van der Waals surface area contributed by atoms with Gasteiger partial charge in [-0.2, -0.15) is 0 Å². The summed E-state index contributed by atoms with van der Waals surface area (Å²) >= 11 is 0. The molecule has 142 valence electrons. The van der Waals surface area contributed by atoms with Crippen LogP contribution in [0.3, 0.4) is 0 Å². The molecule has 0 aromatic carbocycles. The van der Waals surface area contributed by atoms with Gasteiger partial charge in [0.15, 0.2) is 11.5 Å². The first-order valence-corrected chi connectivity index (χ1v) is 8.94. The van der Waals surface area contributed by atoms with E-state index in [1.54, 1.807) is 18.2 Å². The van der Waals surface area contributed by atoms with Crippen LogP contribution in [0.15, 0.2) is 57.0 Å². The number of rotatable bonds is 6. The molecular formula is C19H21N2O6+. The average molecular weight is 373 g/mol. The molecule has 8 nitrogen and oxygen atoms in total. The van der Waals surface area contributed by atoms with Gasteiger partial charge in [-0.25, -0.2) is 0 Å². The number of ketones is 1. The van der Waals surface area contributed by atoms with Gasteiger partial charge in [0.25, 0.3) is 5.91 Å². The van der Waals surface area contributed by atoms with Gasteiger partial charge in [-0.05, 0) is 24.3 Å². The second kappa shape index (κ2) is 7.42. The third kappa shape index (κ3) is 3.29. The van der Waals surface area contributed by atoms with Crippen LogP contribution in [0.1, 0.15) is 22.4 Å². The van der Waals surface area contributed by atoms with E-state index in [1.807, 2.05) is 0 Å². The molecule has 0 aliphatic carbocycles. The first-order valence-electron chi connectivity index (χ1n) is 8.94. The molecule has 2 aromatic heterocycles. The van der Waals surface area contributed by atoms with Crippen molar-refractivity contribution in [2.45, 2.75) is 6.04 Å². The number of hydrogen-bond donors (Lipinski definition) is 2. The topological polar surface area (TPSA) is 97.6 Å². The second-order valence-electron chi connectivity index (χ2n) is 6.60. The van der Waals surface area contributed by atoms with Crippen LogP contribution < -0.4 is 4.90 Å². The fourth-order valence-corrected chi connectivity index (χ4v) is 3.59. The van der Waals surface area contributed by atoms with E-state index < -0.39 is 23.5 Å². The van der Waals surface area contributed by atoms with E-state index in [0.29, 0.717) is 32.1 Å². The first-order chi connectivity index (χ1) is 13.2. The van der Waals surface area contributed by atoms with E-state index in [9.17, 15) is 14.7 Å². The maximum Gasteiger partial charge on any atom is 0.290 e. The minimum Gasteiger partial charge on any atom is -0.503 e. The number of amides is 1. The second-order valence-corrected chi connectivity index (χ2v) is 6.60. The molecular weight excluding hydrogens is 352 g/mol. The molecule has 2 aliphatic heterocycles. The van der Waals surface area contributed by atoms with Crippen LogP contribution >= 0.6 is 0 Å². The van der Waals surface area contributed by atoms with Gasteiger partial charge in [-0.3, -0.25) is 9.59 Å². The molecule has 0 radical (unpaired) electrons. The number of carbonyl (C=O) groups is 2. The highest BCUT2D eigenvalue weighted by atomic mass is 16.5. The predicted molar refractivity (Wildman–Crippen MR) is 92.2 cm³/mol. The van der Waals surface area contributed by atoms with Crippen LogP contribution in [0.5, 0.6) is 0 Å². The summed E-state index contributed by atoms with van der Waals surface area (Å²) in [6.07, 6.45) is 2.86. The van der Waals surface area contributed by atoms with Gasteiger partial charge in [-0.15, -0.1) is 0 Å². The molecule has 0 saturated carbocycles. The third-order valence-corrected chi connectivity index (χ3v) is 5.01. The summed E-state index contributed by atoms with van der Waals surface area (Å²) in [5.41, 5.74) is -0.0122. The van der Waals surface area contributed by atoms with Gasteiger partial charge in [-0.1, -0.05) is 0 Å².